The Balaban J connectivity index is 2.45. The van der Waals surface area contributed by atoms with Crippen LogP contribution in [0.25, 0.3) is 0 Å². The molecule has 0 fully saturated rings. The number of hydrogen-bond donors (Lipinski definition) is 0. The number of benzene rings is 1. The molecule has 140 valence electrons. The molecule has 0 bridgehead atoms. The van der Waals surface area contributed by atoms with E-state index in [1.165, 1.54) is 0 Å². The molecule has 4 nitrogen and oxygen atoms in total. The standard InChI is InChI=1S/C19H21Cl3N2O2/c1-10(2)15-13(8-11-6-7-12(20)9-14(11)21)16(22)24-17(23-15)18(25)26-19(3,4)5/h6-7,9-10H,8H2,1-5H3. The summed E-state index contributed by atoms with van der Waals surface area (Å²) in [4.78, 5) is 20.9. The third-order valence-electron chi connectivity index (χ3n) is 3.50. The fourth-order valence-electron chi connectivity index (χ4n) is 2.38. The first-order valence-electron chi connectivity index (χ1n) is 8.21. The van der Waals surface area contributed by atoms with Gasteiger partial charge >= 0.3 is 5.97 Å². The average Bonchev–Trinajstić information content (AvgIpc) is 2.49. The zero-order valence-corrected chi connectivity index (χ0v) is 17.6. The highest BCUT2D eigenvalue weighted by Crippen LogP contribution is 2.30. The molecule has 2 aromatic rings. The Morgan fingerprint density at radius 2 is 1.81 bits per heavy atom. The summed E-state index contributed by atoms with van der Waals surface area (Å²) in [7, 11) is 0. The van der Waals surface area contributed by atoms with Crippen molar-refractivity contribution in [2.24, 2.45) is 0 Å². The molecule has 2 rings (SSSR count). The van der Waals surface area contributed by atoms with Gasteiger partial charge in [-0.1, -0.05) is 54.7 Å². The van der Waals surface area contributed by atoms with Gasteiger partial charge in [0.25, 0.3) is 0 Å². The van der Waals surface area contributed by atoms with Crippen LogP contribution in [0.1, 0.15) is 68.0 Å². The Hall–Kier alpha value is -1.36. The lowest BCUT2D eigenvalue weighted by Crippen LogP contribution is -2.26. The smallest absolute Gasteiger partial charge is 0.376 e. The number of rotatable bonds is 4. The molecule has 0 unspecified atom stereocenters. The SMILES string of the molecule is CC(C)c1nc(C(=O)OC(C)(C)C)nc(Cl)c1Cc1ccc(Cl)cc1Cl. The lowest BCUT2D eigenvalue weighted by Gasteiger charge is -2.20. The molecule has 1 aromatic carbocycles. The maximum Gasteiger partial charge on any atom is 0.376 e. The second-order valence-corrected chi connectivity index (χ2v) is 8.47. The fourth-order valence-corrected chi connectivity index (χ4v) is 3.10. The molecule has 0 aliphatic rings. The van der Waals surface area contributed by atoms with Crippen LogP contribution in [-0.2, 0) is 11.2 Å². The number of carbonyl (C=O) groups excluding carboxylic acids is 1. The van der Waals surface area contributed by atoms with E-state index in [9.17, 15) is 4.79 Å². The van der Waals surface area contributed by atoms with E-state index < -0.39 is 11.6 Å². The van der Waals surface area contributed by atoms with Crippen LogP contribution in [0.4, 0.5) is 0 Å². The number of aromatic nitrogens is 2. The van der Waals surface area contributed by atoms with Gasteiger partial charge in [-0.3, -0.25) is 0 Å². The zero-order chi connectivity index (χ0) is 19.6. The summed E-state index contributed by atoms with van der Waals surface area (Å²) in [6.07, 6.45) is 0.441. The van der Waals surface area contributed by atoms with Gasteiger partial charge in [-0.2, -0.15) is 0 Å². The summed E-state index contributed by atoms with van der Waals surface area (Å²) in [5, 5.41) is 1.32. The molecule has 1 heterocycles. The van der Waals surface area contributed by atoms with Crippen molar-refractivity contribution in [3.05, 3.63) is 56.0 Å². The van der Waals surface area contributed by atoms with Crippen molar-refractivity contribution >= 4 is 40.8 Å². The van der Waals surface area contributed by atoms with E-state index in [0.29, 0.717) is 22.2 Å². The number of ether oxygens (including phenoxy) is 1. The Labute approximate surface area is 168 Å². The monoisotopic (exact) mass is 414 g/mol. The first-order chi connectivity index (χ1) is 12.0. The van der Waals surface area contributed by atoms with Crippen molar-refractivity contribution in [2.45, 2.75) is 52.6 Å². The molecule has 0 aliphatic carbocycles. The van der Waals surface area contributed by atoms with E-state index in [0.717, 1.165) is 11.1 Å². The first-order valence-corrected chi connectivity index (χ1v) is 9.35. The molecular formula is C19H21Cl3N2O2. The summed E-state index contributed by atoms with van der Waals surface area (Å²) in [6, 6.07) is 5.28. The van der Waals surface area contributed by atoms with Crippen LogP contribution in [0, 0.1) is 0 Å². The minimum absolute atomic E-state index is 0.0396. The van der Waals surface area contributed by atoms with E-state index in [4.69, 9.17) is 39.5 Å². The third-order valence-corrected chi connectivity index (χ3v) is 4.40. The number of esters is 1. The molecule has 0 aliphatic heterocycles. The highest BCUT2D eigenvalue weighted by Gasteiger charge is 2.24. The highest BCUT2D eigenvalue weighted by atomic mass is 35.5. The average molecular weight is 416 g/mol. The molecule has 0 amide bonds. The van der Waals surface area contributed by atoms with Crippen molar-refractivity contribution < 1.29 is 9.53 Å². The van der Waals surface area contributed by atoms with Crippen LogP contribution in [0.2, 0.25) is 15.2 Å². The van der Waals surface area contributed by atoms with E-state index in [1.807, 2.05) is 19.9 Å². The number of hydrogen-bond acceptors (Lipinski definition) is 4. The minimum Gasteiger partial charge on any atom is -0.454 e. The maximum absolute atomic E-state index is 12.3. The van der Waals surface area contributed by atoms with Crippen LogP contribution in [-0.4, -0.2) is 21.5 Å². The Kier molecular flexibility index (Phi) is 6.54. The van der Waals surface area contributed by atoms with Crippen molar-refractivity contribution in [3.8, 4) is 0 Å². The van der Waals surface area contributed by atoms with Gasteiger partial charge in [-0.05, 0) is 44.4 Å². The van der Waals surface area contributed by atoms with Gasteiger partial charge in [0.15, 0.2) is 0 Å². The molecule has 0 N–H and O–H groups in total. The quantitative estimate of drug-likeness (QED) is 0.447. The molecule has 1 aromatic heterocycles. The Bertz CT molecular complexity index is 830. The van der Waals surface area contributed by atoms with Gasteiger partial charge in [0, 0.05) is 22.0 Å². The summed E-state index contributed by atoms with van der Waals surface area (Å²) in [5.74, 6) is -0.602. The maximum atomic E-state index is 12.3. The second-order valence-electron chi connectivity index (χ2n) is 7.27. The van der Waals surface area contributed by atoms with Gasteiger partial charge < -0.3 is 4.74 Å². The van der Waals surface area contributed by atoms with Crippen molar-refractivity contribution in [3.63, 3.8) is 0 Å². The Morgan fingerprint density at radius 1 is 1.15 bits per heavy atom. The van der Waals surface area contributed by atoms with Crippen LogP contribution in [0.5, 0.6) is 0 Å². The van der Waals surface area contributed by atoms with Crippen LogP contribution in [0.3, 0.4) is 0 Å². The van der Waals surface area contributed by atoms with Crippen molar-refractivity contribution in [2.75, 3.05) is 0 Å². The topological polar surface area (TPSA) is 52.1 Å². The molecule has 26 heavy (non-hydrogen) atoms. The lowest BCUT2D eigenvalue weighted by atomic mass is 9.99. The van der Waals surface area contributed by atoms with Gasteiger partial charge in [0.2, 0.25) is 5.82 Å². The minimum atomic E-state index is -0.638. The van der Waals surface area contributed by atoms with E-state index in [2.05, 4.69) is 9.97 Å². The van der Waals surface area contributed by atoms with Crippen molar-refractivity contribution in [1.29, 1.82) is 0 Å². The lowest BCUT2D eigenvalue weighted by molar-refractivity contribution is 0.00551. The number of carbonyl (C=O) groups is 1. The Morgan fingerprint density at radius 3 is 2.35 bits per heavy atom. The van der Waals surface area contributed by atoms with Crippen LogP contribution < -0.4 is 0 Å². The van der Waals surface area contributed by atoms with E-state index in [-0.39, 0.29) is 16.9 Å². The molecule has 0 saturated heterocycles. The number of nitrogens with zero attached hydrogens (tertiary/aromatic N) is 2. The summed E-state index contributed by atoms with van der Waals surface area (Å²) < 4.78 is 5.35. The molecule has 7 heteroatoms. The number of halogens is 3. The highest BCUT2D eigenvalue weighted by molar-refractivity contribution is 6.35. The first kappa shape index (κ1) is 20.9. The third kappa shape index (κ3) is 5.32. The van der Waals surface area contributed by atoms with Gasteiger partial charge in [0.1, 0.15) is 10.8 Å². The fraction of sp³-hybridized carbons (Fsp3) is 0.421. The summed E-state index contributed by atoms with van der Waals surface area (Å²) >= 11 is 18.6. The van der Waals surface area contributed by atoms with Crippen LogP contribution in [0.15, 0.2) is 18.2 Å². The predicted octanol–water partition coefficient (Wildman–Crippen LogP) is 6.11. The van der Waals surface area contributed by atoms with Gasteiger partial charge in [-0.15, -0.1) is 0 Å². The second kappa shape index (κ2) is 8.12. The molecular weight excluding hydrogens is 395 g/mol. The van der Waals surface area contributed by atoms with Gasteiger partial charge in [0.05, 0.1) is 5.69 Å². The van der Waals surface area contributed by atoms with Crippen LogP contribution >= 0.6 is 34.8 Å². The van der Waals surface area contributed by atoms with E-state index in [1.54, 1.807) is 32.9 Å². The normalized spacial score (nSPS) is 11.7. The zero-order valence-electron chi connectivity index (χ0n) is 15.4. The predicted molar refractivity (Wildman–Crippen MR) is 106 cm³/mol. The summed E-state index contributed by atoms with van der Waals surface area (Å²) in [5.41, 5.74) is 1.64. The largest absolute Gasteiger partial charge is 0.454 e. The molecule has 0 atom stereocenters. The van der Waals surface area contributed by atoms with E-state index >= 15 is 0 Å². The molecule has 0 spiro atoms. The summed E-state index contributed by atoms with van der Waals surface area (Å²) in [6.45, 7) is 9.31. The van der Waals surface area contributed by atoms with Gasteiger partial charge in [-0.25, -0.2) is 14.8 Å². The molecule has 0 saturated carbocycles. The molecule has 0 radical (unpaired) electrons. The van der Waals surface area contributed by atoms with Crippen molar-refractivity contribution in [1.82, 2.24) is 9.97 Å².